The maximum atomic E-state index is 12.7. The Bertz CT molecular complexity index is 914. The molecule has 2 aromatic rings. The molecule has 7 heteroatoms. The van der Waals surface area contributed by atoms with Gasteiger partial charge in [0.2, 0.25) is 0 Å². The van der Waals surface area contributed by atoms with Crippen LogP contribution in [0.1, 0.15) is 63.3 Å². The van der Waals surface area contributed by atoms with E-state index in [0.29, 0.717) is 29.8 Å². The van der Waals surface area contributed by atoms with Gasteiger partial charge in [-0.15, -0.1) is 12.4 Å². The zero-order chi connectivity index (χ0) is 20.1. The smallest absolute Gasteiger partial charge is 0.261 e. The van der Waals surface area contributed by atoms with Crippen LogP contribution < -0.4 is 10.6 Å². The zero-order valence-corrected chi connectivity index (χ0v) is 17.5. The van der Waals surface area contributed by atoms with Gasteiger partial charge in [0.15, 0.2) is 0 Å². The summed E-state index contributed by atoms with van der Waals surface area (Å²) >= 11 is 0. The number of amides is 3. The Morgan fingerprint density at radius 1 is 1.00 bits per heavy atom. The van der Waals surface area contributed by atoms with Crippen LogP contribution in [-0.4, -0.2) is 35.7 Å². The molecular formula is C22H26ClN3O3. The van der Waals surface area contributed by atoms with Crippen molar-refractivity contribution in [3.63, 3.8) is 0 Å². The quantitative estimate of drug-likeness (QED) is 0.641. The minimum absolute atomic E-state index is 0. The normalized spacial score (nSPS) is 12.6. The van der Waals surface area contributed by atoms with E-state index in [4.69, 9.17) is 0 Å². The molecule has 3 rings (SSSR count). The Morgan fingerprint density at radius 3 is 2.45 bits per heavy atom. The number of imide groups is 1. The maximum Gasteiger partial charge on any atom is 0.261 e. The largest absolute Gasteiger partial charge is 0.322 e. The van der Waals surface area contributed by atoms with Gasteiger partial charge in [-0.25, -0.2) is 0 Å². The lowest BCUT2D eigenvalue weighted by molar-refractivity contribution is 0.0652. The molecule has 3 amide bonds. The Morgan fingerprint density at radius 2 is 1.72 bits per heavy atom. The monoisotopic (exact) mass is 415 g/mol. The summed E-state index contributed by atoms with van der Waals surface area (Å²) in [6.45, 7) is 5.92. The van der Waals surface area contributed by atoms with Crippen molar-refractivity contribution in [1.29, 1.82) is 0 Å². The van der Waals surface area contributed by atoms with Crippen LogP contribution in [0.2, 0.25) is 0 Å². The summed E-state index contributed by atoms with van der Waals surface area (Å²) in [6, 6.07) is 12.3. The average molecular weight is 416 g/mol. The van der Waals surface area contributed by atoms with E-state index in [1.54, 1.807) is 12.1 Å². The molecule has 0 spiro atoms. The topological polar surface area (TPSA) is 78.5 Å². The molecule has 0 fully saturated rings. The third kappa shape index (κ3) is 4.83. The highest BCUT2D eigenvalue weighted by atomic mass is 35.5. The van der Waals surface area contributed by atoms with Crippen LogP contribution in [0.15, 0.2) is 42.5 Å². The predicted octanol–water partition coefficient (Wildman–Crippen LogP) is 3.87. The summed E-state index contributed by atoms with van der Waals surface area (Å²) in [7, 11) is 0. The minimum Gasteiger partial charge on any atom is -0.322 e. The van der Waals surface area contributed by atoms with Gasteiger partial charge in [0.25, 0.3) is 17.7 Å². The van der Waals surface area contributed by atoms with Crippen molar-refractivity contribution in [1.82, 2.24) is 10.2 Å². The fraction of sp³-hybridized carbons (Fsp3) is 0.318. The van der Waals surface area contributed by atoms with E-state index in [0.717, 1.165) is 30.6 Å². The Balaban J connectivity index is 0.00000300. The van der Waals surface area contributed by atoms with Crippen molar-refractivity contribution in [3.8, 4) is 0 Å². The van der Waals surface area contributed by atoms with Gasteiger partial charge < -0.3 is 10.6 Å². The molecule has 0 aromatic heterocycles. The van der Waals surface area contributed by atoms with Crippen LogP contribution in [-0.2, 0) is 6.54 Å². The van der Waals surface area contributed by atoms with Crippen molar-refractivity contribution in [2.45, 2.75) is 33.2 Å². The number of rotatable bonds is 8. The summed E-state index contributed by atoms with van der Waals surface area (Å²) < 4.78 is 0. The molecular weight excluding hydrogens is 390 g/mol. The molecule has 0 aliphatic carbocycles. The molecule has 1 heterocycles. The van der Waals surface area contributed by atoms with Gasteiger partial charge in [0.05, 0.1) is 11.1 Å². The molecule has 6 nitrogen and oxygen atoms in total. The number of benzene rings is 2. The number of carbonyl (C=O) groups is 3. The molecule has 1 aliphatic rings. The highest BCUT2D eigenvalue weighted by Gasteiger charge is 2.35. The number of hydrogen-bond acceptors (Lipinski definition) is 4. The van der Waals surface area contributed by atoms with Crippen LogP contribution in [0.25, 0.3) is 0 Å². The first kappa shape index (κ1) is 22.6. The molecule has 0 bridgehead atoms. The second kappa shape index (κ2) is 10.2. The van der Waals surface area contributed by atoms with Crippen molar-refractivity contribution in [2.24, 2.45) is 0 Å². The van der Waals surface area contributed by atoms with Crippen LogP contribution >= 0.6 is 12.4 Å². The first-order valence-corrected chi connectivity index (χ1v) is 9.67. The van der Waals surface area contributed by atoms with E-state index in [9.17, 15) is 14.4 Å². The third-order valence-electron chi connectivity index (χ3n) is 4.80. The molecule has 2 aromatic carbocycles. The predicted molar refractivity (Wildman–Crippen MR) is 116 cm³/mol. The number of unbranched alkanes of at least 4 members (excludes halogenated alkanes) is 1. The number of carbonyl (C=O) groups excluding carboxylic acids is 3. The Kier molecular flexibility index (Phi) is 7.93. The number of para-hydroxylation sites is 1. The summed E-state index contributed by atoms with van der Waals surface area (Å²) in [5.74, 6) is -0.911. The number of nitrogens with one attached hydrogen (secondary N) is 2. The summed E-state index contributed by atoms with van der Waals surface area (Å²) in [6.07, 6.45) is 1.66. The molecule has 0 saturated heterocycles. The molecule has 0 atom stereocenters. The fourth-order valence-corrected chi connectivity index (χ4v) is 3.20. The van der Waals surface area contributed by atoms with Crippen molar-refractivity contribution in [3.05, 3.63) is 64.7 Å². The van der Waals surface area contributed by atoms with Crippen molar-refractivity contribution in [2.75, 3.05) is 18.4 Å². The van der Waals surface area contributed by atoms with E-state index in [1.807, 2.05) is 38.1 Å². The molecule has 0 unspecified atom stereocenters. The molecule has 2 N–H and O–H groups in total. The SMILES string of the molecule is CCCCN1C(=O)c2ccc(C(=O)Nc3ccccc3CNCC)cc2C1=O.Cl. The first-order chi connectivity index (χ1) is 13.6. The van der Waals surface area contributed by atoms with Gasteiger partial charge in [-0.2, -0.15) is 0 Å². The third-order valence-corrected chi connectivity index (χ3v) is 4.80. The molecule has 29 heavy (non-hydrogen) atoms. The second-order valence-corrected chi connectivity index (χ2v) is 6.77. The van der Waals surface area contributed by atoms with Crippen LogP contribution in [0, 0.1) is 0 Å². The average Bonchev–Trinajstić information content (AvgIpc) is 2.95. The minimum atomic E-state index is -0.323. The van der Waals surface area contributed by atoms with Gasteiger partial charge in [-0.3, -0.25) is 19.3 Å². The van der Waals surface area contributed by atoms with E-state index >= 15 is 0 Å². The van der Waals surface area contributed by atoms with Crippen LogP contribution in [0.4, 0.5) is 5.69 Å². The number of fused-ring (bicyclic) bond motifs is 1. The molecule has 1 aliphatic heterocycles. The van der Waals surface area contributed by atoms with Crippen molar-refractivity contribution >= 4 is 35.8 Å². The van der Waals surface area contributed by atoms with E-state index in [-0.39, 0.29) is 30.1 Å². The molecule has 0 radical (unpaired) electrons. The number of anilines is 1. The number of nitrogens with zero attached hydrogens (tertiary/aromatic N) is 1. The molecule has 0 saturated carbocycles. The van der Waals surface area contributed by atoms with Gasteiger partial charge in [-0.1, -0.05) is 38.5 Å². The Labute approximate surface area is 177 Å². The summed E-state index contributed by atoms with van der Waals surface area (Å²) in [5, 5.41) is 6.15. The van der Waals surface area contributed by atoms with Gasteiger partial charge in [0.1, 0.15) is 0 Å². The number of halogens is 1. The summed E-state index contributed by atoms with van der Waals surface area (Å²) in [5.41, 5.74) is 2.73. The van der Waals surface area contributed by atoms with Crippen LogP contribution in [0.3, 0.4) is 0 Å². The van der Waals surface area contributed by atoms with Crippen LogP contribution in [0.5, 0.6) is 0 Å². The second-order valence-electron chi connectivity index (χ2n) is 6.77. The van der Waals surface area contributed by atoms with Gasteiger partial charge >= 0.3 is 0 Å². The lowest BCUT2D eigenvalue weighted by atomic mass is 10.0. The fourth-order valence-electron chi connectivity index (χ4n) is 3.20. The van der Waals surface area contributed by atoms with Gasteiger partial charge in [0, 0.05) is 24.3 Å². The van der Waals surface area contributed by atoms with E-state index in [1.165, 1.54) is 11.0 Å². The van der Waals surface area contributed by atoms with E-state index < -0.39 is 0 Å². The lowest BCUT2D eigenvalue weighted by Gasteiger charge is -2.12. The highest BCUT2D eigenvalue weighted by molar-refractivity contribution is 6.22. The standard InChI is InChI=1S/C22H25N3O3.ClH/c1-3-5-12-25-21(27)17-11-10-15(13-18(17)22(25)28)20(26)24-19-9-7-6-8-16(19)14-23-4-2;/h6-11,13,23H,3-5,12,14H2,1-2H3,(H,24,26);1H. The molecule has 154 valence electrons. The summed E-state index contributed by atoms with van der Waals surface area (Å²) in [4.78, 5) is 39.0. The maximum absolute atomic E-state index is 12.7. The first-order valence-electron chi connectivity index (χ1n) is 9.67. The van der Waals surface area contributed by atoms with Crippen molar-refractivity contribution < 1.29 is 14.4 Å². The lowest BCUT2D eigenvalue weighted by Crippen LogP contribution is -2.30. The van der Waals surface area contributed by atoms with E-state index in [2.05, 4.69) is 10.6 Å². The van der Waals surface area contributed by atoms with Gasteiger partial charge in [-0.05, 0) is 42.8 Å². The number of hydrogen-bond donors (Lipinski definition) is 2. The zero-order valence-electron chi connectivity index (χ0n) is 16.7. The highest BCUT2D eigenvalue weighted by Crippen LogP contribution is 2.25. The Hall–Kier alpha value is -2.70.